The molecular formula is C7H4ClF2IN2O. The number of halogens is 4. The minimum Gasteiger partial charge on any atom is -0.397 e. The predicted octanol–water partition coefficient (Wildman–Crippen LogP) is 2.58. The molecule has 0 aliphatic rings. The van der Waals surface area contributed by atoms with E-state index in [1.165, 1.54) is 0 Å². The quantitative estimate of drug-likeness (QED) is 0.669. The first kappa shape index (κ1) is 11.6. The van der Waals surface area contributed by atoms with Gasteiger partial charge in [0.25, 0.3) is 11.7 Å². The Hall–Kier alpha value is -0.500. The molecule has 0 aliphatic carbocycles. The summed E-state index contributed by atoms with van der Waals surface area (Å²) in [5.41, 5.74) is 4.74. The van der Waals surface area contributed by atoms with Crippen LogP contribution in [0, 0.1) is 3.57 Å². The van der Waals surface area contributed by atoms with Gasteiger partial charge >= 0.3 is 0 Å². The van der Waals surface area contributed by atoms with Gasteiger partial charge in [0.05, 0.1) is 14.8 Å². The molecule has 0 unspecified atom stereocenters. The number of hydrogen-bond donors (Lipinski definition) is 1. The second-order valence-electron chi connectivity index (χ2n) is 2.36. The molecule has 0 bridgehead atoms. The van der Waals surface area contributed by atoms with Crippen molar-refractivity contribution in [1.82, 2.24) is 4.98 Å². The number of nitrogen functional groups attached to an aromatic ring is 1. The molecule has 1 rings (SSSR count). The van der Waals surface area contributed by atoms with Crippen molar-refractivity contribution in [2.75, 3.05) is 5.73 Å². The highest BCUT2D eigenvalue weighted by Gasteiger charge is 2.19. The number of carbonyl (C=O) groups excluding carboxylic acids is 1. The number of anilines is 1. The molecular weight excluding hydrogens is 328 g/mol. The third-order valence-corrected chi connectivity index (χ3v) is 2.78. The Bertz CT molecular complexity index is 386. The lowest BCUT2D eigenvalue weighted by Crippen LogP contribution is -2.06. The molecule has 76 valence electrons. The fraction of sp³-hybridized carbons (Fsp3) is 0.143. The van der Waals surface area contributed by atoms with Crippen LogP contribution in [0.4, 0.5) is 14.5 Å². The number of aromatic nitrogens is 1. The summed E-state index contributed by atoms with van der Waals surface area (Å²) in [6.45, 7) is 0. The molecule has 0 aromatic carbocycles. The summed E-state index contributed by atoms with van der Waals surface area (Å²) < 4.78 is 24.8. The van der Waals surface area contributed by atoms with Crippen molar-refractivity contribution in [2.45, 2.75) is 6.43 Å². The lowest BCUT2D eigenvalue weighted by Gasteiger charge is -2.07. The average molecular weight is 332 g/mol. The number of nitrogens with two attached hydrogens (primary N) is 1. The molecule has 0 saturated heterocycles. The van der Waals surface area contributed by atoms with Crippen LogP contribution in [0.15, 0.2) is 6.20 Å². The van der Waals surface area contributed by atoms with Crippen LogP contribution in [0.3, 0.4) is 0 Å². The predicted molar refractivity (Wildman–Crippen MR) is 56.5 cm³/mol. The average Bonchev–Trinajstić information content (AvgIpc) is 2.08. The second-order valence-corrected chi connectivity index (χ2v) is 3.79. The molecule has 0 saturated carbocycles. The molecule has 14 heavy (non-hydrogen) atoms. The van der Waals surface area contributed by atoms with Crippen molar-refractivity contribution >= 4 is 45.1 Å². The Morgan fingerprint density at radius 3 is 2.64 bits per heavy atom. The molecule has 0 atom stereocenters. The maximum absolute atomic E-state index is 12.3. The third-order valence-electron chi connectivity index (χ3n) is 1.51. The first-order chi connectivity index (χ1) is 6.45. The van der Waals surface area contributed by atoms with E-state index in [0.29, 0.717) is 0 Å². The molecule has 0 aliphatic heterocycles. The Morgan fingerprint density at radius 2 is 2.21 bits per heavy atom. The monoisotopic (exact) mass is 332 g/mol. The molecule has 1 heterocycles. The van der Waals surface area contributed by atoms with E-state index >= 15 is 0 Å². The highest BCUT2D eigenvalue weighted by atomic mass is 127. The zero-order valence-corrected chi connectivity index (χ0v) is 9.51. The molecule has 0 spiro atoms. The first-order valence-corrected chi connectivity index (χ1v) is 4.82. The van der Waals surface area contributed by atoms with Crippen molar-refractivity contribution in [1.29, 1.82) is 0 Å². The fourth-order valence-electron chi connectivity index (χ4n) is 0.826. The highest BCUT2D eigenvalue weighted by Crippen LogP contribution is 2.29. The summed E-state index contributed by atoms with van der Waals surface area (Å²) in [6, 6.07) is 0. The number of rotatable bonds is 2. The van der Waals surface area contributed by atoms with Gasteiger partial charge in [-0.05, 0) is 34.2 Å². The Morgan fingerprint density at radius 1 is 1.64 bits per heavy atom. The maximum atomic E-state index is 12.3. The standard InChI is InChI=1S/C7H4ClF2IN2O/c8-6(14)5-3(11)4(12)2(1-13-5)7(9)10/h1,7H,(H2,12,13). The van der Waals surface area contributed by atoms with E-state index in [2.05, 4.69) is 4.98 Å². The summed E-state index contributed by atoms with van der Waals surface area (Å²) >= 11 is 6.82. The smallest absolute Gasteiger partial charge is 0.271 e. The van der Waals surface area contributed by atoms with Crippen molar-refractivity contribution in [2.24, 2.45) is 0 Å². The highest BCUT2D eigenvalue weighted by molar-refractivity contribution is 14.1. The van der Waals surface area contributed by atoms with Gasteiger partial charge in [-0.15, -0.1) is 0 Å². The molecule has 1 aromatic heterocycles. The second kappa shape index (κ2) is 4.35. The summed E-state index contributed by atoms with van der Waals surface area (Å²) in [5, 5.41) is -0.818. The normalized spacial score (nSPS) is 10.6. The van der Waals surface area contributed by atoms with E-state index in [-0.39, 0.29) is 15.0 Å². The molecule has 0 amide bonds. The number of nitrogens with zero attached hydrogens (tertiary/aromatic N) is 1. The van der Waals surface area contributed by atoms with E-state index in [1.54, 1.807) is 22.6 Å². The Balaban J connectivity index is 3.33. The van der Waals surface area contributed by atoms with Crippen LogP contribution in [-0.4, -0.2) is 10.2 Å². The molecule has 3 nitrogen and oxygen atoms in total. The van der Waals surface area contributed by atoms with Gasteiger partial charge in [-0.25, -0.2) is 13.8 Å². The van der Waals surface area contributed by atoms with E-state index in [4.69, 9.17) is 17.3 Å². The van der Waals surface area contributed by atoms with Crippen molar-refractivity contribution in [3.05, 3.63) is 21.0 Å². The topological polar surface area (TPSA) is 56.0 Å². The van der Waals surface area contributed by atoms with Crippen molar-refractivity contribution in [3.8, 4) is 0 Å². The summed E-state index contributed by atoms with van der Waals surface area (Å²) in [5.74, 6) is 0. The lowest BCUT2D eigenvalue weighted by atomic mass is 10.2. The van der Waals surface area contributed by atoms with E-state index in [9.17, 15) is 13.6 Å². The van der Waals surface area contributed by atoms with Crippen LogP contribution >= 0.6 is 34.2 Å². The van der Waals surface area contributed by atoms with E-state index in [1.807, 2.05) is 0 Å². The molecule has 0 radical (unpaired) electrons. The fourth-order valence-corrected chi connectivity index (χ4v) is 1.82. The van der Waals surface area contributed by atoms with Gasteiger partial charge in [0.15, 0.2) is 0 Å². The SMILES string of the molecule is Nc1c(C(F)F)cnc(C(=O)Cl)c1I. The number of carbonyl (C=O) groups is 1. The van der Waals surface area contributed by atoms with Crippen molar-refractivity contribution < 1.29 is 13.6 Å². The number of alkyl halides is 2. The van der Waals surface area contributed by atoms with Crippen LogP contribution in [0.25, 0.3) is 0 Å². The largest absolute Gasteiger partial charge is 0.397 e. The molecule has 1 aromatic rings. The molecule has 0 fully saturated rings. The van der Waals surface area contributed by atoms with Crippen LogP contribution in [0.2, 0.25) is 0 Å². The van der Waals surface area contributed by atoms with Gasteiger partial charge in [0.2, 0.25) is 0 Å². The van der Waals surface area contributed by atoms with Gasteiger partial charge in [-0.2, -0.15) is 0 Å². The van der Waals surface area contributed by atoms with Gasteiger partial charge < -0.3 is 5.73 Å². The Labute approximate surface area is 96.8 Å². The zero-order chi connectivity index (χ0) is 10.9. The minimum atomic E-state index is -2.71. The number of hydrogen-bond acceptors (Lipinski definition) is 3. The van der Waals surface area contributed by atoms with E-state index in [0.717, 1.165) is 6.20 Å². The van der Waals surface area contributed by atoms with Crippen LogP contribution < -0.4 is 5.73 Å². The first-order valence-electron chi connectivity index (χ1n) is 3.37. The van der Waals surface area contributed by atoms with Gasteiger partial charge in [0, 0.05) is 6.20 Å². The third kappa shape index (κ3) is 2.11. The van der Waals surface area contributed by atoms with E-state index < -0.39 is 17.2 Å². The van der Waals surface area contributed by atoms with Crippen molar-refractivity contribution in [3.63, 3.8) is 0 Å². The van der Waals surface area contributed by atoms with Gasteiger partial charge in [-0.1, -0.05) is 0 Å². The molecule has 2 N–H and O–H groups in total. The lowest BCUT2D eigenvalue weighted by molar-refractivity contribution is 0.107. The number of pyridine rings is 1. The molecule has 7 heteroatoms. The van der Waals surface area contributed by atoms with Crippen LogP contribution in [0.1, 0.15) is 22.5 Å². The Kier molecular flexibility index (Phi) is 3.59. The summed E-state index contributed by atoms with van der Waals surface area (Å²) in [7, 11) is 0. The maximum Gasteiger partial charge on any atom is 0.271 e. The summed E-state index contributed by atoms with van der Waals surface area (Å²) in [4.78, 5) is 14.3. The van der Waals surface area contributed by atoms with Crippen LogP contribution in [-0.2, 0) is 0 Å². The van der Waals surface area contributed by atoms with Crippen LogP contribution in [0.5, 0.6) is 0 Å². The van der Waals surface area contributed by atoms with Gasteiger partial charge in [0.1, 0.15) is 5.69 Å². The minimum absolute atomic E-state index is 0.103. The van der Waals surface area contributed by atoms with Gasteiger partial charge in [-0.3, -0.25) is 4.79 Å². The zero-order valence-electron chi connectivity index (χ0n) is 6.60. The summed E-state index contributed by atoms with van der Waals surface area (Å²) in [6.07, 6.45) is -1.85.